The van der Waals surface area contributed by atoms with Crippen LogP contribution < -0.4 is 10.5 Å². The summed E-state index contributed by atoms with van der Waals surface area (Å²) in [5, 5.41) is 1.87. The predicted octanol–water partition coefficient (Wildman–Crippen LogP) is 2.59. The molecule has 0 saturated heterocycles. The third kappa shape index (κ3) is 2.61. The number of ketones is 1. The van der Waals surface area contributed by atoms with Gasteiger partial charge in [0.05, 0.1) is 4.88 Å². The van der Waals surface area contributed by atoms with Gasteiger partial charge in [0.1, 0.15) is 5.75 Å². The molecule has 0 aliphatic heterocycles. The van der Waals surface area contributed by atoms with E-state index in [1.807, 2.05) is 11.4 Å². The molecule has 0 bridgehead atoms. The van der Waals surface area contributed by atoms with Crippen molar-refractivity contribution in [1.82, 2.24) is 0 Å². The van der Waals surface area contributed by atoms with E-state index in [1.165, 1.54) is 11.3 Å². The molecule has 0 aliphatic carbocycles. The number of thiophene rings is 1. The normalized spacial score (nSPS) is 10.0. The maximum atomic E-state index is 11.6. The minimum absolute atomic E-state index is 0.00757. The van der Waals surface area contributed by atoms with Crippen molar-refractivity contribution in [2.75, 3.05) is 12.3 Å². The van der Waals surface area contributed by atoms with Crippen LogP contribution in [0.5, 0.6) is 5.75 Å². The number of ether oxygens (including phenoxy) is 1. The third-order valence-corrected chi connectivity index (χ3v) is 2.96. The first-order valence-electron chi connectivity index (χ1n) is 4.81. The molecule has 0 atom stereocenters. The van der Waals surface area contributed by atoms with E-state index in [1.54, 1.807) is 30.3 Å². The van der Waals surface area contributed by atoms with Gasteiger partial charge in [0, 0.05) is 5.69 Å². The highest BCUT2D eigenvalue weighted by molar-refractivity contribution is 7.12. The summed E-state index contributed by atoms with van der Waals surface area (Å²) in [6.45, 7) is 0.0600. The number of hydrogen-bond donors (Lipinski definition) is 1. The molecule has 2 rings (SSSR count). The second-order valence-electron chi connectivity index (χ2n) is 3.26. The van der Waals surface area contributed by atoms with Crippen LogP contribution in [0.25, 0.3) is 0 Å². The van der Waals surface area contributed by atoms with Gasteiger partial charge >= 0.3 is 0 Å². The molecule has 1 aromatic carbocycles. The molecule has 0 saturated carbocycles. The Morgan fingerprint density at radius 2 is 2.00 bits per heavy atom. The summed E-state index contributed by atoms with van der Waals surface area (Å²) in [5.74, 6) is 0.644. The lowest BCUT2D eigenvalue weighted by molar-refractivity contribution is 0.0925. The van der Waals surface area contributed by atoms with E-state index in [4.69, 9.17) is 10.5 Å². The molecular formula is C12H11NO2S. The lowest BCUT2D eigenvalue weighted by Gasteiger charge is -2.04. The van der Waals surface area contributed by atoms with Gasteiger partial charge in [0.25, 0.3) is 0 Å². The Labute approximate surface area is 97.5 Å². The van der Waals surface area contributed by atoms with Crippen LogP contribution in [0, 0.1) is 0 Å². The van der Waals surface area contributed by atoms with Crippen molar-refractivity contribution in [2.45, 2.75) is 0 Å². The van der Waals surface area contributed by atoms with E-state index >= 15 is 0 Å². The van der Waals surface area contributed by atoms with Crippen molar-refractivity contribution in [1.29, 1.82) is 0 Å². The Morgan fingerprint density at radius 1 is 1.25 bits per heavy atom. The second kappa shape index (κ2) is 4.81. The van der Waals surface area contributed by atoms with Gasteiger partial charge in [0.15, 0.2) is 6.61 Å². The van der Waals surface area contributed by atoms with Crippen molar-refractivity contribution in [3.8, 4) is 5.75 Å². The zero-order chi connectivity index (χ0) is 11.4. The number of Topliss-reactive ketones (excluding diaryl/α,β-unsaturated/α-hetero) is 1. The van der Waals surface area contributed by atoms with Gasteiger partial charge in [-0.25, -0.2) is 0 Å². The fourth-order valence-electron chi connectivity index (χ4n) is 1.22. The number of hydrogen-bond acceptors (Lipinski definition) is 4. The van der Waals surface area contributed by atoms with Gasteiger partial charge in [0.2, 0.25) is 5.78 Å². The van der Waals surface area contributed by atoms with Crippen LogP contribution >= 0.6 is 11.3 Å². The van der Waals surface area contributed by atoms with E-state index < -0.39 is 0 Å². The minimum atomic E-state index is -0.00757. The molecule has 0 radical (unpaired) electrons. The van der Waals surface area contributed by atoms with E-state index in [2.05, 4.69) is 0 Å². The maximum absolute atomic E-state index is 11.6. The van der Waals surface area contributed by atoms with Gasteiger partial charge in [-0.2, -0.15) is 0 Å². The Hall–Kier alpha value is -1.81. The quantitative estimate of drug-likeness (QED) is 0.652. The van der Waals surface area contributed by atoms with E-state index in [-0.39, 0.29) is 12.4 Å². The summed E-state index contributed by atoms with van der Waals surface area (Å²) in [6.07, 6.45) is 0. The summed E-state index contributed by atoms with van der Waals surface area (Å²) in [4.78, 5) is 12.3. The van der Waals surface area contributed by atoms with Crippen molar-refractivity contribution < 1.29 is 9.53 Å². The maximum Gasteiger partial charge on any atom is 0.210 e. The summed E-state index contributed by atoms with van der Waals surface area (Å²) >= 11 is 1.42. The van der Waals surface area contributed by atoms with E-state index in [0.29, 0.717) is 11.4 Å². The highest BCUT2D eigenvalue weighted by atomic mass is 32.1. The van der Waals surface area contributed by atoms with Gasteiger partial charge < -0.3 is 10.5 Å². The molecule has 1 heterocycles. The zero-order valence-electron chi connectivity index (χ0n) is 8.55. The van der Waals surface area contributed by atoms with Gasteiger partial charge in [-0.15, -0.1) is 11.3 Å². The van der Waals surface area contributed by atoms with Crippen LogP contribution in [0.2, 0.25) is 0 Å². The summed E-state index contributed by atoms with van der Waals surface area (Å²) < 4.78 is 5.35. The molecule has 0 unspecified atom stereocenters. The monoisotopic (exact) mass is 233 g/mol. The van der Waals surface area contributed by atoms with Crippen LogP contribution in [0.3, 0.4) is 0 Å². The molecule has 2 N–H and O–H groups in total. The van der Waals surface area contributed by atoms with Crippen LogP contribution in [0.15, 0.2) is 41.8 Å². The average Bonchev–Trinajstić information content (AvgIpc) is 2.81. The zero-order valence-corrected chi connectivity index (χ0v) is 9.37. The smallest absolute Gasteiger partial charge is 0.210 e. The first-order valence-corrected chi connectivity index (χ1v) is 5.69. The fraction of sp³-hybridized carbons (Fsp3) is 0.0833. The number of nitrogens with two attached hydrogens (primary N) is 1. The standard InChI is InChI=1S/C12H11NO2S/c13-9-3-5-10(6-4-9)15-8-11(14)12-2-1-7-16-12/h1-7H,8,13H2. The lowest BCUT2D eigenvalue weighted by atomic mass is 10.3. The first kappa shape index (κ1) is 10.7. The third-order valence-electron chi connectivity index (χ3n) is 2.05. The minimum Gasteiger partial charge on any atom is -0.485 e. The first-order chi connectivity index (χ1) is 7.75. The lowest BCUT2D eigenvalue weighted by Crippen LogP contribution is -2.09. The number of carbonyl (C=O) groups is 1. The number of benzene rings is 1. The molecule has 0 amide bonds. The summed E-state index contributed by atoms with van der Waals surface area (Å²) in [5.41, 5.74) is 6.22. The predicted molar refractivity (Wildman–Crippen MR) is 65.0 cm³/mol. The average molecular weight is 233 g/mol. The molecule has 0 fully saturated rings. The highest BCUT2D eigenvalue weighted by Crippen LogP contribution is 2.14. The molecule has 16 heavy (non-hydrogen) atoms. The molecule has 0 spiro atoms. The molecule has 2 aromatic rings. The molecule has 1 aromatic heterocycles. The summed E-state index contributed by atoms with van der Waals surface area (Å²) in [7, 11) is 0. The number of rotatable bonds is 4. The van der Waals surface area contributed by atoms with Crippen LogP contribution in [-0.4, -0.2) is 12.4 Å². The van der Waals surface area contributed by atoms with Crippen LogP contribution in [0.4, 0.5) is 5.69 Å². The van der Waals surface area contributed by atoms with Gasteiger partial charge in [-0.3, -0.25) is 4.79 Å². The molecule has 82 valence electrons. The molecule has 4 heteroatoms. The van der Waals surface area contributed by atoms with Crippen molar-refractivity contribution >= 4 is 22.8 Å². The Morgan fingerprint density at radius 3 is 2.62 bits per heavy atom. The van der Waals surface area contributed by atoms with E-state index in [0.717, 1.165) is 4.88 Å². The van der Waals surface area contributed by atoms with Crippen molar-refractivity contribution in [3.05, 3.63) is 46.7 Å². The Kier molecular flexibility index (Phi) is 3.22. The van der Waals surface area contributed by atoms with Gasteiger partial charge in [-0.1, -0.05) is 6.07 Å². The van der Waals surface area contributed by atoms with Gasteiger partial charge in [-0.05, 0) is 35.7 Å². The summed E-state index contributed by atoms with van der Waals surface area (Å²) in [6, 6.07) is 10.6. The second-order valence-corrected chi connectivity index (χ2v) is 4.21. The van der Waals surface area contributed by atoms with Crippen molar-refractivity contribution in [2.24, 2.45) is 0 Å². The van der Waals surface area contributed by atoms with Crippen LogP contribution in [0.1, 0.15) is 9.67 Å². The number of carbonyl (C=O) groups excluding carboxylic acids is 1. The van der Waals surface area contributed by atoms with Crippen molar-refractivity contribution in [3.63, 3.8) is 0 Å². The number of nitrogen functional groups attached to an aromatic ring is 1. The fourth-order valence-corrected chi connectivity index (χ4v) is 1.87. The Balaban J connectivity index is 1.93. The van der Waals surface area contributed by atoms with E-state index in [9.17, 15) is 4.79 Å². The highest BCUT2D eigenvalue weighted by Gasteiger charge is 2.07. The molecular weight excluding hydrogens is 222 g/mol. The number of anilines is 1. The molecule has 0 aliphatic rings. The van der Waals surface area contributed by atoms with Crippen LogP contribution in [-0.2, 0) is 0 Å². The topological polar surface area (TPSA) is 52.3 Å². The molecule has 3 nitrogen and oxygen atoms in total. The SMILES string of the molecule is Nc1ccc(OCC(=O)c2cccs2)cc1. The Bertz CT molecular complexity index is 462. The largest absolute Gasteiger partial charge is 0.485 e.